The summed E-state index contributed by atoms with van der Waals surface area (Å²) < 4.78 is 5.03. The lowest BCUT2D eigenvalue weighted by Crippen LogP contribution is -2.30. The van der Waals surface area contributed by atoms with Gasteiger partial charge < -0.3 is 14.4 Å². The SMILES string of the molecule is O=C1NCCN1CCOSI. The van der Waals surface area contributed by atoms with Crippen molar-refractivity contribution in [2.45, 2.75) is 0 Å². The summed E-state index contributed by atoms with van der Waals surface area (Å²) in [5.74, 6) is 0. The van der Waals surface area contributed by atoms with E-state index in [1.54, 1.807) is 4.90 Å². The molecular formula is C5H9IN2O2S. The fraction of sp³-hybridized carbons (Fsp3) is 0.800. The molecule has 0 atom stereocenters. The molecule has 4 nitrogen and oxygen atoms in total. The van der Waals surface area contributed by atoms with Crippen molar-refractivity contribution in [3.8, 4) is 0 Å². The van der Waals surface area contributed by atoms with Crippen LogP contribution in [0.15, 0.2) is 0 Å². The minimum atomic E-state index is 0.0204. The second-order valence-corrected chi connectivity index (χ2v) is 3.54. The highest BCUT2D eigenvalue weighted by Crippen LogP contribution is 2.11. The van der Waals surface area contributed by atoms with Gasteiger partial charge in [0.05, 0.1) is 15.8 Å². The molecule has 11 heavy (non-hydrogen) atoms. The zero-order chi connectivity index (χ0) is 8.10. The zero-order valence-electron chi connectivity index (χ0n) is 5.88. The Morgan fingerprint density at radius 1 is 1.82 bits per heavy atom. The van der Waals surface area contributed by atoms with Gasteiger partial charge in [-0.15, -0.1) is 0 Å². The lowest BCUT2D eigenvalue weighted by Gasteiger charge is -2.12. The largest absolute Gasteiger partial charge is 0.336 e. The lowest BCUT2D eigenvalue weighted by atomic mass is 10.5. The van der Waals surface area contributed by atoms with E-state index in [-0.39, 0.29) is 6.03 Å². The molecule has 0 aromatic heterocycles. The van der Waals surface area contributed by atoms with Crippen molar-refractivity contribution >= 4 is 36.5 Å². The Balaban J connectivity index is 2.10. The molecule has 2 amide bonds. The first-order chi connectivity index (χ1) is 5.34. The van der Waals surface area contributed by atoms with Crippen LogP contribution in [0.4, 0.5) is 4.79 Å². The molecule has 0 spiro atoms. The maximum Gasteiger partial charge on any atom is 0.317 e. The third-order valence-electron chi connectivity index (χ3n) is 1.43. The predicted octanol–water partition coefficient (Wildman–Crippen LogP) is 1.03. The number of nitrogens with zero attached hydrogens (tertiary/aromatic N) is 1. The molecule has 0 bridgehead atoms. The predicted molar refractivity (Wildman–Crippen MR) is 52.5 cm³/mol. The number of hydrogen-bond donors (Lipinski definition) is 1. The van der Waals surface area contributed by atoms with Crippen molar-refractivity contribution in [3.05, 3.63) is 0 Å². The van der Waals surface area contributed by atoms with Gasteiger partial charge in [0.15, 0.2) is 0 Å². The van der Waals surface area contributed by atoms with Crippen LogP contribution in [-0.4, -0.2) is 37.2 Å². The molecular weight excluding hydrogens is 279 g/mol. The van der Waals surface area contributed by atoms with Crippen molar-refractivity contribution in [1.29, 1.82) is 0 Å². The molecule has 0 radical (unpaired) electrons. The highest BCUT2D eigenvalue weighted by Gasteiger charge is 2.18. The van der Waals surface area contributed by atoms with Crippen molar-refractivity contribution in [2.75, 3.05) is 26.2 Å². The second-order valence-electron chi connectivity index (χ2n) is 2.10. The highest BCUT2D eigenvalue weighted by atomic mass is 127. The van der Waals surface area contributed by atoms with Crippen LogP contribution < -0.4 is 5.32 Å². The van der Waals surface area contributed by atoms with E-state index in [0.717, 1.165) is 13.1 Å². The number of urea groups is 1. The maximum absolute atomic E-state index is 10.9. The Morgan fingerprint density at radius 3 is 3.18 bits per heavy atom. The third-order valence-corrected chi connectivity index (χ3v) is 2.45. The molecule has 0 saturated carbocycles. The van der Waals surface area contributed by atoms with E-state index in [4.69, 9.17) is 4.18 Å². The van der Waals surface area contributed by atoms with E-state index >= 15 is 0 Å². The van der Waals surface area contributed by atoms with Crippen LogP contribution in [0.3, 0.4) is 0 Å². The Hall–Kier alpha value is 0.310. The molecule has 1 heterocycles. The first-order valence-corrected chi connectivity index (χ1v) is 6.56. The number of carbonyl (C=O) groups is 1. The van der Waals surface area contributed by atoms with Crippen molar-refractivity contribution in [1.82, 2.24) is 10.2 Å². The molecule has 0 unspecified atom stereocenters. The van der Waals surface area contributed by atoms with Crippen LogP contribution >= 0.6 is 30.4 Å². The first kappa shape index (κ1) is 9.40. The van der Waals surface area contributed by atoms with Gasteiger partial charge in [-0.25, -0.2) is 4.79 Å². The molecule has 6 heteroatoms. The van der Waals surface area contributed by atoms with Gasteiger partial charge in [-0.05, 0) is 0 Å². The molecule has 1 saturated heterocycles. The van der Waals surface area contributed by atoms with Gasteiger partial charge >= 0.3 is 6.03 Å². The standard InChI is InChI=1S/C5H9IN2O2S/c6-11-10-4-3-8-2-1-7-5(8)9/h1-4H2,(H,7,9). The van der Waals surface area contributed by atoms with Crippen LogP contribution in [0.25, 0.3) is 0 Å². The minimum absolute atomic E-state index is 0.0204. The quantitative estimate of drug-likeness (QED) is 0.477. The van der Waals surface area contributed by atoms with E-state index in [1.165, 1.54) is 9.21 Å². The summed E-state index contributed by atoms with van der Waals surface area (Å²) in [6, 6.07) is 0.0204. The van der Waals surface area contributed by atoms with Gasteiger partial charge in [-0.3, -0.25) is 0 Å². The first-order valence-electron chi connectivity index (χ1n) is 3.27. The maximum atomic E-state index is 10.9. The van der Waals surface area contributed by atoms with Gasteiger partial charge in [0.25, 0.3) is 0 Å². The fourth-order valence-electron chi connectivity index (χ4n) is 0.903. The number of nitrogens with one attached hydrogen (secondary N) is 1. The molecule has 64 valence electrons. The average Bonchev–Trinajstić information content (AvgIpc) is 2.37. The zero-order valence-corrected chi connectivity index (χ0v) is 8.85. The lowest BCUT2D eigenvalue weighted by molar-refractivity contribution is 0.208. The molecule has 0 aromatic carbocycles. The molecule has 0 aromatic rings. The van der Waals surface area contributed by atoms with Crippen LogP contribution in [0.1, 0.15) is 0 Å². The average molecular weight is 288 g/mol. The van der Waals surface area contributed by atoms with Crippen LogP contribution in [0.5, 0.6) is 0 Å². The van der Waals surface area contributed by atoms with Gasteiger partial charge in [0, 0.05) is 40.8 Å². The number of amides is 2. The monoisotopic (exact) mass is 288 g/mol. The normalized spacial score (nSPS) is 17.2. The summed E-state index contributed by atoms with van der Waals surface area (Å²) >= 11 is 2.05. The topological polar surface area (TPSA) is 41.6 Å². The van der Waals surface area contributed by atoms with Gasteiger partial charge in [-0.1, -0.05) is 0 Å². The third kappa shape index (κ3) is 3.04. The molecule has 1 fully saturated rings. The molecule has 1 aliphatic heterocycles. The van der Waals surface area contributed by atoms with E-state index in [2.05, 4.69) is 26.5 Å². The summed E-state index contributed by atoms with van der Waals surface area (Å²) in [6.07, 6.45) is 0. The Bertz CT molecular complexity index is 146. The number of halogens is 1. The Morgan fingerprint density at radius 2 is 2.64 bits per heavy atom. The Kier molecular flexibility index (Phi) is 4.31. The van der Waals surface area contributed by atoms with Crippen molar-refractivity contribution < 1.29 is 8.98 Å². The molecule has 0 aliphatic carbocycles. The van der Waals surface area contributed by atoms with Gasteiger partial charge in [0.2, 0.25) is 0 Å². The van der Waals surface area contributed by atoms with Gasteiger partial charge in [0.1, 0.15) is 0 Å². The smallest absolute Gasteiger partial charge is 0.317 e. The van der Waals surface area contributed by atoms with Crippen molar-refractivity contribution in [2.24, 2.45) is 0 Å². The number of carbonyl (C=O) groups excluding carboxylic acids is 1. The van der Waals surface area contributed by atoms with Crippen LogP contribution in [-0.2, 0) is 4.18 Å². The second kappa shape index (κ2) is 5.04. The fourth-order valence-corrected chi connectivity index (χ4v) is 1.58. The van der Waals surface area contributed by atoms with E-state index < -0.39 is 0 Å². The summed E-state index contributed by atoms with van der Waals surface area (Å²) in [5, 5.41) is 2.72. The van der Waals surface area contributed by atoms with Crippen molar-refractivity contribution in [3.63, 3.8) is 0 Å². The summed E-state index contributed by atoms with van der Waals surface area (Å²) in [7, 11) is 1.30. The Labute approximate surface area is 81.8 Å². The summed E-state index contributed by atoms with van der Waals surface area (Å²) in [6.45, 7) is 2.84. The summed E-state index contributed by atoms with van der Waals surface area (Å²) in [4.78, 5) is 12.7. The number of hydrogen-bond acceptors (Lipinski definition) is 3. The molecule has 1 aliphatic rings. The number of rotatable bonds is 4. The van der Waals surface area contributed by atoms with Gasteiger partial charge in [-0.2, -0.15) is 0 Å². The van der Waals surface area contributed by atoms with E-state index in [0.29, 0.717) is 13.2 Å². The minimum Gasteiger partial charge on any atom is -0.336 e. The van der Waals surface area contributed by atoms with E-state index in [9.17, 15) is 4.79 Å². The highest BCUT2D eigenvalue weighted by molar-refractivity contribution is 14.2. The molecule has 1 rings (SSSR count). The van der Waals surface area contributed by atoms with E-state index in [1.807, 2.05) is 0 Å². The van der Waals surface area contributed by atoms with Crippen LogP contribution in [0, 0.1) is 0 Å². The molecule has 1 N–H and O–H groups in total. The van der Waals surface area contributed by atoms with Crippen LogP contribution in [0.2, 0.25) is 0 Å². The summed E-state index contributed by atoms with van der Waals surface area (Å²) in [5.41, 5.74) is 0.